The molecule has 0 aromatic carbocycles. The molecule has 2 atom stereocenters. The monoisotopic (exact) mass is 522 g/mol. The Morgan fingerprint density at radius 2 is 0.838 bits per heavy atom. The van der Waals surface area contributed by atoms with E-state index in [1.165, 1.54) is 77.0 Å². The summed E-state index contributed by atoms with van der Waals surface area (Å²) in [6.45, 7) is 5.76. The molecule has 0 aromatic heterocycles. The highest BCUT2D eigenvalue weighted by molar-refractivity contribution is 5.49. The zero-order valence-electron chi connectivity index (χ0n) is 24.2. The largest absolute Gasteiger partial charge is 0.349 e. The molecule has 0 aliphatic carbocycles. The quantitative estimate of drug-likeness (QED) is 0.0407. The minimum atomic E-state index is -0.518. The van der Waals surface area contributed by atoms with Gasteiger partial charge < -0.3 is 23.8 Å². The van der Waals surface area contributed by atoms with Crippen molar-refractivity contribution < 1.29 is 23.8 Å². The zero-order valence-corrected chi connectivity index (χ0v) is 24.2. The highest BCUT2D eigenvalue weighted by atomic mass is 16.8. The summed E-state index contributed by atoms with van der Waals surface area (Å²) in [6, 6.07) is 0. The summed E-state index contributed by atoms with van der Waals surface area (Å²) in [5, 5.41) is 0. The van der Waals surface area contributed by atoms with Crippen LogP contribution in [0.4, 0.5) is 0 Å². The van der Waals surface area contributed by atoms with Crippen LogP contribution in [-0.2, 0) is 23.8 Å². The molecule has 0 rings (SSSR count). The fourth-order valence-corrected chi connectivity index (χ4v) is 4.03. The van der Waals surface area contributed by atoms with Gasteiger partial charge >= 0.3 is 0 Å². The number of hydrogen-bond acceptors (Lipinski definition) is 5. The van der Waals surface area contributed by atoms with Crippen molar-refractivity contribution in [1.82, 2.24) is 0 Å². The zero-order chi connectivity index (χ0) is 27.1. The van der Waals surface area contributed by atoms with Gasteiger partial charge in [-0.25, -0.2) is 0 Å². The number of rotatable bonds is 30. The van der Waals surface area contributed by atoms with Crippen molar-refractivity contribution >= 4 is 12.6 Å². The van der Waals surface area contributed by atoms with Gasteiger partial charge in [-0.3, -0.25) is 0 Å². The Bertz CT molecular complexity index is 485. The molecule has 5 nitrogen and oxygen atoms in total. The van der Waals surface area contributed by atoms with Crippen molar-refractivity contribution in [1.29, 1.82) is 0 Å². The molecule has 0 spiro atoms. The van der Waals surface area contributed by atoms with Crippen molar-refractivity contribution in [2.75, 3.05) is 13.2 Å². The van der Waals surface area contributed by atoms with E-state index in [-0.39, 0.29) is 0 Å². The average Bonchev–Trinajstić information content (AvgIpc) is 2.91. The number of hydrogen-bond donors (Lipinski definition) is 0. The maximum Gasteiger partial charge on any atom is 0.180 e. The highest BCUT2D eigenvalue weighted by Gasteiger charge is 2.13. The normalized spacial score (nSPS) is 13.5. The van der Waals surface area contributed by atoms with Crippen molar-refractivity contribution in [2.24, 2.45) is 0 Å². The van der Waals surface area contributed by atoms with Crippen LogP contribution < -0.4 is 0 Å². The van der Waals surface area contributed by atoms with Crippen LogP contribution in [0, 0.1) is 0 Å². The third-order valence-electron chi connectivity index (χ3n) is 6.32. The summed E-state index contributed by atoms with van der Waals surface area (Å²) in [4.78, 5) is 21.3. The van der Waals surface area contributed by atoms with E-state index in [1.807, 2.05) is 24.3 Å². The maximum absolute atomic E-state index is 10.7. The second-order valence-electron chi connectivity index (χ2n) is 9.91. The van der Waals surface area contributed by atoms with Gasteiger partial charge in [-0.1, -0.05) is 116 Å². The van der Waals surface area contributed by atoms with Crippen LogP contribution in [0.2, 0.25) is 0 Å². The lowest BCUT2D eigenvalue weighted by Gasteiger charge is -2.21. The van der Waals surface area contributed by atoms with Crippen LogP contribution in [0.5, 0.6) is 0 Å². The Morgan fingerprint density at radius 1 is 0.486 bits per heavy atom. The van der Waals surface area contributed by atoms with Crippen molar-refractivity contribution in [2.45, 2.75) is 155 Å². The molecule has 0 amide bonds. The van der Waals surface area contributed by atoms with Gasteiger partial charge in [0.05, 0.1) is 13.2 Å². The number of allylic oxidation sites excluding steroid dienone is 2. The summed E-state index contributed by atoms with van der Waals surface area (Å²) in [5.41, 5.74) is 0. The smallest absolute Gasteiger partial charge is 0.180 e. The number of unbranched alkanes of at least 4 members (excludes halogenated alkanes) is 16. The Hall–Kier alpha value is -1.30. The summed E-state index contributed by atoms with van der Waals surface area (Å²) in [6.07, 6.45) is 30.8. The lowest BCUT2D eigenvalue weighted by molar-refractivity contribution is -0.208. The highest BCUT2D eigenvalue weighted by Crippen LogP contribution is 2.13. The minimum absolute atomic E-state index is 0.491. The lowest BCUT2D eigenvalue weighted by atomic mass is 10.1. The summed E-state index contributed by atoms with van der Waals surface area (Å²) in [5.74, 6) is 0. The van der Waals surface area contributed by atoms with E-state index < -0.39 is 12.6 Å². The maximum atomic E-state index is 10.7. The van der Waals surface area contributed by atoms with E-state index in [1.54, 1.807) is 0 Å². The van der Waals surface area contributed by atoms with E-state index in [0.717, 1.165) is 38.3 Å². The Labute approximate surface area is 228 Å². The molecule has 37 heavy (non-hydrogen) atoms. The van der Waals surface area contributed by atoms with Gasteiger partial charge in [0, 0.05) is 12.8 Å². The number of carbonyl (C=O) groups is 2. The first-order valence-corrected chi connectivity index (χ1v) is 15.4. The van der Waals surface area contributed by atoms with Crippen LogP contribution >= 0.6 is 0 Å². The van der Waals surface area contributed by atoms with E-state index in [2.05, 4.69) is 13.8 Å². The fraction of sp³-hybridized carbons (Fsp3) is 0.812. The Kier molecular flexibility index (Phi) is 29.8. The molecule has 0 radical (unpaired) electrons. The molecule has 0 heterocycles. The molecular weight excluding hydrogens is 464 g/mol. The first-order valence-electron chi connectivity index (χ1n) is 15.4. The average molecular weight is 523 g/mol. The second-order valence-corrected chi connectivity index (χ2v) is 9.91. The molecule has 216 valence electrons. The molecule has 0 aliphatic rings. The molecule has 5 heteroatoms. The molecule has 2 unspecified atom stereocenters. The van der Waals surface area contributed by atoms with Crippen molar-refractivity contribution in [3.63, 3.8) is 0 Å². The molecular formula is C32H58O5. The predicted octanol–water partition coefficient (Wildman–Crippen LogP) is 9.04. The van der Waals surface area contributed by atoms with Gasteiger partial charge in [0.1, 0.15) is 12.6 Å². The van der Waals surface area contributed by atoms with E-state index in [9.17, 15) is 9.59 Å². The predicted molar refractivity (Wildman–Crippen MR) is 155 cm³/mol. The second kappa shape index (κ2) is 30.9. The van der Waals surface area contributed by atoms with Gasteiger partial charge in [0.25, 0.3) is 0 Å². The standard InChI is InChI=1S/C32H58O5/c1-3-5-7-9-11-13-15-23-29-35-31(25-19-17-21-27-33)37-32(26-20-18-22-28-34)36-30-24-16-14-12-10-8-6-4-2/h19-20,25-28,31-32H,3-18,21-24,29-30H2,1-2H3. The third-order valence-corrected chi connectivity index (χ3v) is 6.32. The van der Waals surface area contributed by atoms with E-state index >= 15 is 0 Å². The molecule has 0 N–H and O–H groups in total. The van der Waals surface area contributed by atoms with Gasteiger partial charge in [-0.15, -0.1) is 0 Å². The van der Waals surface area contributed by atoms with Crippen LogP contribution in [0.25, 0.3) is 0 Å². The molecule has 0 saturated carbocycles. The van der Waals surface area contributed by atoms with Crippen LogP contribution in [0.15, 0.2) is 24.3 Å². The third kappa shape index (κ3) is 27.5. The van der Waals surface area contributed by atoms with E-state index in [4.69, 9.17) is 14.2 Å². The molecule has 0 aliphatic heterocycles. The van der Waals surface area contributed by atoms with E-state index in [0.29, 0.717) is 38.9 Å². The number of ether oxygens (including phenoxy) is 3. The van der Waals surface area contributed by atoms with Gasteiger partial charge in [-0.05, 0) is 37.8 Å². The number of aldehydes is 2. The fourth-order valence-electron chi connectivity index (χ4n) is 4.03. The first-order chi connectivity index (χ1) is 18.3. The molecule has 0 aromatic rings. The summed E-state index contributed by atoms with van der Waals surface area (Å²) >= 11 is 0. The van der Waals surface area contributed by atoms with Crippen LogP contribution in [-0.4, -0.2) is 38.4 Å². The molecule has 0 bridgehead atoms. The first kappa shape index (κ1) is 35.7. The van der Waals surface area contributed by atoms with Crippen LogP contribution in [0.3, 0.4) is 0 Å². The molecule has 0 saturated heterocycles. The van der Waals surface area contributed by atoms with Crippen molar-refractivity contribution in [3.05, 3.63) is 24.3 Å². The minimum Gasteiger partial charge on any atom is -0.349 e. The number of carbonyl (C=O) groups excluding carboxylic acids is 2. The van der Waals surface area contributed by atoms with Crippen molar-refractivity contribution in [3.8, 4) is 0 Å². The Balaban J connectivity index is 4.56. The van der Waals surface area contributed by atoms with Gasteiger partial charge in [-0.2, -0.15) is 0 Å². The Morgan fingerprint density at radius 3 is 1.19 bits per heavy atom. The van der Waals surface area contributed by atoms with Crippen LogP contribution in [0.1, 0.15) is 142 Å². The van der Waals surface area contributed by atoms with Gasteiger partial charge in [0.15, 0.2) is 12.6 Å². The SMILES string of the molecule is CCCCCCCCCCOC(C=CCCC=O)OC(C=CCCC=O)OCCCCCCCCCC. The topological polar surface area (TPSA) is 61.8 Å². The summed E-state index contributed by atoms with van der Waals surface area (Å²) in [7, 11) is 0. The van der Waals surface area contributed by atoms with Gasteiger partial charge in [0.2, 0.25) is 0 Å². The molecule has 0 fully saturated rings. The lowest BCUT2D eigenvalue weighted by Crippen LogP contribution is -2.25. The summed E-state index contributed by atoms with van der Waals surface area (Å²) < 4.78 is 18.3.